The highest BCUT2D eigenvalue weighted by Gasteiger charge is 2.49. The molecule has 1 aliphatic carbocycles. The van der Waals surface area contributed by atoms with Crippen LogP contribution in [0.2, 0.25) is 0 Å². The Morgan fingerprint density at radius 1 is 1.45 bits per heavy atom. The SMILES string of the molecule is CCCn1ncnc1CC1(C#N)CCCC(C)(C)C1=O. The van der Waals surface area contributed by atoms with E-state index in [0.717, 1.165) is 31.6 Å². The number of hydrogen-bond acceptors (Lipinski definition) is 4. The van der Waals surface area contributed by atoms with Gasteiger partial charge in [0.1, 0.15) is 17.6 Å². The topological polar surface area (TPSA) is 71.6 Å². The van der Waals surface area contributed by atoms with E-state index < -0.39 is 10.8 Å². The van der Waals surface area contributed by atoms with Crippen LogP contribution in [0, 0.1) is 22.2 Å². The van der Waals surface area contributed by atoms with Gasteiger partial charge >= 0.3 is 0 Å². The minimum absolute atomic E-state index is 0.0600. The number of carbonyl (C=O) groups is 1. The Morgan fingerprint density at radius 3 is 2.85 bits per heavy atom. The zero-order valence-electron chi connectivity index (χ0n) is 12.5. The Labute approximate surface area is 120 Å². The van der Waals surface area contributed by atoms with E-state index in [-0.39, 0.29) is 5.78 Å². The van der Waals surface area contributed by atoms with Crippen LogP contribution in [-0.4, -0.2) is 20.5 Å². The number of aryl methyl sites for hydroxylation is 1. The van der Waals surface area contributed by atoms with E-state index in [1.54, 1.807) is 0 Å². The maximum atomic E-state index is 12.7. The molecule has 5 heteroatoms. The zero-order chi connectivity index (χ0) is 14.8. The van der Waals surface area contributed by atoms with Gasteiger partial charge in [0.25, 0.3) is 0 Å². The molecule has 1 aliphatic rings. The summed E-state index contributed by atoms with van der Waals surface area (Å²) >= 11 is 0. The first-order chi connectivity index (χ1) is 9.45. The molecule has 0 N–H and O–H groups in total. The van der Waals surface area contributed by atoms with Crippen LogP contribution in [0.25, 0.3) is 0 Å². The predicted octanol–water partition coefficient (Wildman–Crippen LogP) is 2.52. The highest BCUT2D eigenvalue weighted by atomic mass is 16.1. The van der Waals surface area contributed by atoms with E-state index in [9.17, 15) is 10.1 Å². The van der Waals surface area contributed by atoms with Crippen LogP contribution in [0.15, 0.2) is 6.33 Å². The van der Waals surface area contributed by atoms with Crippen LogP contribution in [0.1, 0.15) is 52.3 Å². The van der Waals surface area contributed by atoms with Crippen molar-refractivity contribution >= 4 is 5.78 Å². The Morgan fingerprint density at radius 2 is 2.20 bits per heavy atom. The number of Topliss-reactive ketones (excluding diaryl/α,β-unsaturated/α-hetero) is 1. The van der Waals surface area contributed by atoms with E-state index >= 15 is 0 Å². The zero-order valence-corrected chi connectivity index (χ0v) is 12.5. The molecule has 0 saturated heterocycles. The molecule has 2 rings (SSSR count). The van der Waals surface area contributed by atoms with Crippen molar-refractivity contribution in [3.05, 3.63) is 12.2 Å². The van der Waals surface area contributed by atoms with Crippen molar-refractivity contribution in [1.29, 1.82) is 5.26 Å². The summed E-state index contributed by atoms with van der Waals surface area (Å²) in [5, 5.41) is 13.8. The van der Waals surface area contributed by atoms with Crippen molar-refractivity contribution in [3.63, 3.8) is 0 Å². The van der Waals surface area contributed by atoms with Gasteiger partial charge in [-0.3, -0.25) is 9.48 Å². The molecule has 20 heavy (non-hydrogen) atoms. The summed E-state index contributed by atoms with van der Waals surface area (Å²) in [6.07, 6.45) is 5.24. The van der Waals surface area contributed by atoms with Gasteiger partial charge in [0.2, 0.25) is 0 Å². The predicted molar refractivity (Wildman–Crippen MR) is 74.7 cm³/mol. The number of hydrogen-bond donors (Lipinski definition) is 0. The second kappa shape index (κ2) is 5.35. The number of nitriles is 1. The highest BCUT2D eigenvalue weighted by molar-refractivity contribution is 5.93. The van der Waals surface area contributed by atoms with Crippen LogP contribution in [0.4, 0.5) is 0 Å². The second-order valence-electron chi connectivity index (χ2n) is 6.34. The Hall–Kier alpha value is -1.70. The van der Waals surface area contributed by atoms with Gasteiger partial charge in [-0.05, 0) is 19.3 Å². The van der Waals surface area contributed by atoms with Gasteiger partial charge in [-0.25, -0.2) is 4.98 Å². The molecule has 1 atom stereocenters. The monoisotopic (exact) mass is 274 g/mol. The number of aromatic nitrogens is 3. The number of nitrogens with zero attached hydrogens (tertiary/aromatic N) is 4. The van der Waals surface area contributed by atoms with Crippen LogP contribution >= 0.6 is 0 Å². The summed E-state index contributed by atoms with van der Waals surface area (Å²) in [5.74, 6) is 0.809. The van der Waals surface area contributed by atoms with Gasteiger partial charge < -0.3 is 0 Å². The maximum absolute atomic E-state index is 12.7. The lowest BCUT2D eigenvalue weighted by Crippen LogP contribution is -2.45. The summed E-state index contributed by atoms with van der Waals surface area (Å²) < 4.78 is 1.81. The minimum atomic E-state index is -0.930. The third-order valence-corrected chi connectivity index (χ3v) is 4.26. The first-order valence-corrected chi connectivity index (χ1v) is 7.28. The van der Waals surface area contributed by atoms with Crippen molar-refractivity contribution in [2.45, 2.75) is 59.4 Å². The normalized spacial score (nSPS) is 25.4. The Bertz CT molecular complexity index is 540. The number of ketones is 1. The average Bonchev–Trinajstić information content (AvgIpc) is 2.83. The summed E-state index contributed by atoms with van der Waals surface area (Å²) in [7, 11) is 0. The quantitative estimate of drug-likeness (QED) is 0.845. The molecule has 1 unspecified atom stereocenters. The molecular weight excluding hydrogens is 252 g/mol. The van der Waals surface area contributed by atoms with Gasteiger partial charge in [0.15, 0.2) is 5.78 Å². The maximum Gasteiger partial charge on any atom is 0.159 e. The third kappa shape index (κ3) is 2.47. The molecule has 0 aliphatic heterocycles. The Kier molecular flexibility index (Phi) is 3.94. The van der Waals surface area contributed by atoms with Crippen molar-refractivity contribution in [2.75, 3.05) is 0 Å². The Balaban J connectivity index is 2.30. The molecule has 0 spiro atoms. The smallest absolute Gasteiger partial charge is 0.159 e. The number of rotatable bonds is 4. The number of carbonyl (C=O) groups excluding carboxylic acids is 1. The largest absolute Gasteiger partial charge is 0.297 e. The first kappa shape index (κ1) is 14.7. The van der Waals surface area contributed by atoms with Crippen LogP contribution < -0.4 is 0 Å². The van der Waals surface area contributed by atoms with Gasteiger partial charge in [-0.1, -0.05) is 27.2 Å². The third-order valence-electron chi connectivity index (χ3n) is 4.26. The van der Waals surface area contributed by atoms with Gasteiger partial charge in [-0.15, -0.1) is 0 Å². The molecule has 1 saturated carbocycles. The lowest BCUT2D eigenvalue weighted by Gasteiger charge is -2.38. The average molecular weight is 274 g/mol. The fourth-order valence-corrected chi connectivity index (χ4v) is 3.12. The fraction of sp³-hybridized carbons (Fsp3) is 0.733. The van der Waals surface area contributed by atoms with Crippen LogP contribution in [0.5, 0.6) is 0 Å². The van der Waals surface area contributed by atoms with E-state index in [1.165, 1.54) is 6.33 Å². The highest BCUT2D eigenvalue weighted by Crippen LogP contribution is 2.44. The van der Waals surface area contributed by atoms with Crippen molar-refractivity contribution in [1.82, 2.24) is 14.8 Å². The van der Waals surface area contributed by atoms with Crippen LogP contribution in [-0.2, 0) is 17.8 Å². The van der Waals surface area contributed by atoms with E-state index in [2.05, 4.69) is 23.1 Å². The summed E-state index contributed by atoms with van der Waals surface area (Å²) in [6, 6.07) is 2.30. The van der Waals surface area contributed by atoms with E-state index in [1.807, 2.05) is 18.5 Å². The molecule has 1 fully saturated rings. The molecule has 1 heterocycles. The lowest BCUT2D eigenvalue weighted by molar-refractivity contribution is -0.138. The van der Waals surface area contributed by atoms with Crippen LogP contribution in [0.3, 0.4) is 0 Å². The van der Waals surface area contributed by atoms with Gasteiger partial charge in [0.05, 0.1) is 6.07 Å². The van der Waals surface area contributed by atoms with Gasteiger partial charge in [0, 0.05) is 18.4 Å². The van der Waals surface area contributed by atoms with E-state index in [0.29, 0.717) is 12.8 Å². The summed E-state index contributed by atoms with van der Waals surface area (Å²) in [4.78, 5) is 17.0. The molecule has 0 radical (unpaired) electrons. The molecular formula is C15H22N4O. The van der Waals surface area contributed by atoms with E-state index in [4.69, 9.17) is 0 Å². The summed E-state index contributed by atoms with van der Waals surface area (Å²) in [6.45, 7) is 6.73. The minimum Gasteiger partial charge on any atom is -0.297 e. The first-order valence-electron chi connectivity index (χ1n) is 7.28. The fourth-order valence-electron chi connectivity index (χ4n) is 3.12. The van der Waals surface area contributed by atoms with Crippen molar-refractivity contribution in [2.24, 2.45) is 10.8 Å². The molecule has 108 valence electrons. The second-order valence-corrected chi connectivity index (χ2v) is 6.34. The molecule has 5 nitrogen and oxygen atoms in total. The van der Waals surface area contributed by atoms with Crippen molar-refractivity contribution in [3.8, 4) is 6.07 Å². The molecule has 0 amide bonds. The summed E-state index contributed by atoms with van der Waals surface area (Å²) in [5.41, 5.74) is -1.34. The molecule has 0 bridgehead atoms. The molecule has 1 aromatic heterocycles. The molecule has 0 aromatic carbocycles. The lowest BCUT2D eigenvalue weighted by atomic mass is 9.61. The molecule has 1 aromatic rings. The van der Waals surface area contributed by atoms with Gasteiger partial charge in [-0.2, -0.15) is 10.4 Å². The van der Waals surface area contributed by atoms with Crippen molar-refractivity contribution < 1.29 is 4.79 Å². The standard InChI is InChI=1S/C15H22N4O/c1-4-8-19-12(17-11-18-19)9-15(10-16)7-5-6-14(2,3)13(15)20/h11H,4-9H2,1-3H3.